The zero-order chi connectivity index (χ0) is 20.4. The molecule has 3 unspecified atom stereocenters. The van der Waals surface area contributed by atoms with Crippen LogP contribution in [0.3, 0.4) is 0 Å². The van der Waals surface area contributed by atoms with E-state index in [2.05, 4.69) is 11.9 Å². The van der Waals surface area contributed by atoms with Gasteiger partial charge < -0.3 is 20.1 Å². The molecule has 3 atom stereocenters. The molecule has 148 valence electrons. The smallest absolute Gasteiger partial charge is 0.355 e. The number of esters is 1. The van der Waals surface area contributed by atoms with Crippen LogP contribution < -0.4 is 5.32 Å². The number of aliphatic hydroxyl groups is 1. The first-order chi connectivity index (χ1) is 13.4. The van der Waals surface area contributed by atoms with Crippen molar-refractivity contribution in [3.05, 3.63) is 53.7 Å². The molecule has 0 radical (unpaired) electrons. The van der Waals surface area contributed by atoms with Crippen LogP contribution in [-0.4, -0.2) is 53.1 Å². The average Bonchev–Trinajstić information content (AvgIpc) is 3.01. The monoisotopic (exact) mass is 384 g/mol. The number of nitrogens with zero attached hydrogens (tertiary/aromatic N) is 1. The van der Waals surface area contributed by atoms with E-state index in [4.69, 9.17) is 4.74 Å². The molecule has 3 rings (SSSR count). The summed E-state index contributed by atoms with van der Waals surface area (Å²) in [6.07, 6.45) is 1.07. The summed E-state index contributed by atoms with van der Waals surface area (Å²) in [6, 6.07) is 6.64. The summed E-state index contributed by atoms with van der Waals surface area (Å²) in [5, 5.41) is 12.7. The fourth-order valence-electron chi connectivity index (χ4n) is 3.83. The summed E-state index contributed by atoms with van der Waals surface area (Å²) < 4.78 is 5.19. The minimum Gasteiger partial charge on any atom is -0.457 e. The number of hydrogen-bond donors (Lipinski definition) is 2. The minimum atomic E-state index is -0.805. The van der Waals surface area contributed by atoms with Crippen molar-refractivity contribution >= 4 is 23.4 Å². The Morgan fingerprint density at radius 3 is 2.86 bits per heavy atom. The molecule has 1 saturated heterocycles. The van der Waals surface area contributed by atoms with Crippen LogP contribution in [-0.2, 0) is 14.3 Å². The number of rotatable bonds is 7. The number of carbonyl (C=O) groups excluding carboxylic acids is 3. The molecular weight excluding hydrogens is 360 g/mol. The van der Waals surface area contributed by atoms with E-state index in [1.54, 1.807) is 31.2 Å². The quantitative estimate of drug-likeness (QED) is 0.422. The second kappa shape index (κ2) is 7.98. The zero-order valence-electron chi connectivity index (χ0n) is 16.0. The van der Waals surface area contributed by atoms with Crippen LogP contribution in [0.15, 0.2) is 42.6 Å². The third-order valence-electron chi connectivity index (χ3n) is 5.06. The Morgan fingerprint density at radius 2 is 2.21 bits per heavy atom. The molecule has 2 aliphatic rings. The third-order valence-corrected chi connectivity index (χ3v) is 5.06. The number of aliphatic hydroxyl groups excluding tert-OH is 1. The highest BCUT2D eigenvalue weighted by molar-refractivity contribution is 6.07. The SMILES string of the molecule is C=CCOC(=O)C1=C(c2cccc(C(=O)NCC)c2)CC2C(C(C)O)C(=O)N12. The number of carbonyl (C=O) groups is 3. The summed E-state index contributed by atoms with van der Waals surface area (Å²) >= 11 is 0. The van der Waals surface area contributed by atoms with Crippen molar-refractivity contribution in [3.8, 4) is 0 Å². The molecule has 0 aromatic heterocycles. The topological polar surface area (TPSA) is 95.9 Å². The van der Waals surface area contributed by atoms with E-state index in [-0.39, 0.29) is 30.2 Å². The Bertz CT molecular complexity index is 858. The lowest BCUT2D eigenvalue weighted by Gasteiger charge is -2.44. The summed E-state index contributed by atoms with van der Waals surface area (Å²) in [7, 11) is 0. The molecule has 1 aromatic rings. The summed E-state index contributed by atoms with van der Waals surface area (Å²) in [4.78, 5) is 38.8. The van der Waals surface area contributed by atoms with E-state index in [1.165, 1.54) is 11.0 Å². The maximum Gasteiger partial charge on any atom is 0.355 e. The number of β-lactam (4-membered cyclic amide) rings is 1. The fourth-order valence-corrected chi connectivity index (χ4v) is 3.83. The lowest BCUT2D eigenvalue weighted by atomic mass is 9.82. The second-order valence-corrected chi connectivity index (χ2v) is 6.90. The molecule has 7 nitrogen and oxygen atoms in total. The summed E-state index contributed by atoms with van der Waals surface area (Å²) in [5.41, 5.74) is 1.97. The third kappa shape index (κ3) is 3.33. The Morgan fingerprint density at radius 1 is 1.46 bits per heavy atom. The second-order valence-electron chi connectivity index (χ2n) is 6.90. The van der Waals surface area contributed by atoms with Gasteiger partial charge in [0.25, 0.3) is 5.91 Å². The highest BCUT2D eigenvalue weighted by atomic mass is 16.5. The van der Waals surface area contributed by atoms with Crippen molar-refractivity contribution in [3.63, 3.8) is 0 Å². The van der Waals surface area contributed by atoms with E-state index >= 15 is 0 Å². The summed E-state index contributed by atoms with van der Waals surface area (Å²) in [5.74, 6) is -1.66. The highest BCUT2D eigenvalue weighted by Crippen LogP contribution is 2.47. The maximum absolute atomic E-state index is 12.7. The van der Waals surface area contributed by atoms with Crippen molar-refractivity contribution in [1.29, 1.82) is 0 Å². The van der Waals surface area contributed by atoms with Gasteiger partial charge in [-0.1, -0.05) is 24.8 Å². The molecule has 28 heavy (non-hydrogen) atoms. The lowest BCUT2D eigenvalue weighted by Crippen LogP contribution is -2.61. The summed E-state index contributed by atoms with van der Waals surface area (Å²) in [6.45, 7) is 7.47. The Hall–Kier alpha value is -2.93. The first-order valence-electron chi connectivity index (χ1n) is 9.31. The normalized spacial score (nSPS) is 21.7. The molecular formula is C21H24N2O5. The van der Waals surface area contributed by atoms with Gasteiger partial charge in [-0.15, -0.1) is 0 Å². The molecule has 7 heteroatoms. The van der Waals surface area contributed by atoms with Crippen molar-refractivity contribution in [2.45, 2.75) is 32.4 Å². The van der Waals surface area contributed by atoms with Crippen molar-refractivity contribution in [2.75, 3.05) is 13.2 Å². The maximum atomic E-state index is 12.7. The lowest BCUT2D eigenvalue weighted by molar-refractivity contribution is -0.162. The van der Waals surface area contributed by atoms with Gasteiger partial charge in [0, 0.05) is 12.1 Å². The number of ether oxygens (including phenoxy) is 1. The molecule has 1 aromatic carbocycles. The molecule has 2 heterocycles. The van der Waals surface area contributed by atoms with E-state index in [9.17, 15) is 19.5 Å². The van der Waals surface area contributed by atoms with Crippen LogP contribution in [0.1, 0.15) is 36.2 Å². The van der Waals surface area contributed by atoms with E-state index in [0.29, 0.717) is 29.7 Å². The van der Waals surface area contributed by atoms with Gasteiger partial charge >= 0.3 is 5.97 Å². The molecule has 2 amide bonds. The Kier molecular flexibility index (Phi) is 5.65. The van der Waals surface area contributed by atoms with Gasteiger partial charge in [0.05, 0.1) is 18.1 Å². The average molecular weight is 384 g/mol. The minimum absolute atomic E-state index is 0.0289. The fraction of sp³-hybridized carbons (Fsp3) is 0.381. The van der Waals surface area contributed by atoms with Crippen LogP contribution in [0, 0.1) is 5.92 Å². The van der Waals surface area contributed by atoms with Gasteiger partial charge in [0.2, 0.25) is 5.91 Å². The molecule has 0 saturated carbocycles. The number of amides is 2. The molecule has 0 spiro atoms. The van der Waals surface area contributed by atoms with Gasteiger partial charge in [0.1, 0.15) is 12.3 Å². The first-order valence-corrected chi connectivity index (χ1v) is 9.31. The van der Waals surface area contributed by atoms with E-state index < -0.39 is 18.0 Å². The van der Waals surface area contributed by atoms with E-state index in [0.717, 1.165) is 0 Å². The standard InChI is InChI=1S/C21H24N2O5/c1-4-9-28-21(27)18-15(11-16-17(12(3)24)20(26)23(16)18)13-7-6-8-14(10-13)19(25)22-5-2/h4,6-8,10,12,16-17,24H,1,5,9,11H2,2-3H3,(H,22,25). The van der Waals surface area contributed by atoms with Crippen LogP contribution in [0.25, 0.3) is 5.57 Å². The van der Waals surface area contributed by atoms with Crippen LogP contribution in [0.2, 0.25) is 0 Å². The van der Waals surface area contributed by atoms with Crippen LogP contribution in [0.5, 0.6) is 0 Å². The van der Waals surface area contributed by atoms with Gasteiger partial charge in [-0.2, -0.15) is 0 Å². The molecule has 0 aliphatic carbocycles. The van der Waals surface area contributed by atoms with Gasteiger partial charge in [0.15, 0.2) is 0 Å². The van der Waals surface area contributed by atoms with Gasteiger partial charge in [-0.05, 0) is 43.5 Å². The Balaban J connectivity index is 2.01. The van der Waals surface area contributed by atoms with Crippen LogP contribution >= 0.6 is 0 Å². The molecule has 1 fully saturated rings. The predicted molar refractivity (Wildman–Crippen MR) is 103 cm³/mol. The molecule has 2 aliphatic heterocycles. The number of hydrogen-bond acceptors (Lipinski definition) is 5. The first kappa shape index (κ1) is 19.8. The van der Waals surface area contributed by atoms with Crippen molar-refractivity contribution in [2.24, 2.45) is 5.92 Å². The Labute approximate surface area is 163 Å². The molecule has 2 N–H and O–H groups in total. The van der Waals surface area contributed by atoms with Crippen molar-refractivity contribution < 1.29 is 24.2 Å². The van der Waals surface area contributed by atoms with Gasteiger partial charge in [-0.25, -0.2) is 4.79 Å². The largest absolute Gasteiger partial charge is 0.457 e. The van der Waals surface area contributed by atoms with Gasteiger partial charge in [-0.3, -0.25) is 9.59 Å². The number of benzene rings is 1. The van der Waals surface area contributed by atoms with Crippen molar-refractivity contribution in [1.82, 2.24) is 10.2 Å². The number of fused-ring (bicyclic) bond motifs is 1. The predicted octanol–water partition coefficient (Wildman–Crippen LogP) is 1.49. The molecule has 0 bridgehead atoms. The van der Waals surface area contributed by atoms with Crippen LogP contribution in [0.4, 0.5) is 0 Å². The highest BCUT2D eigenvalue weighted by Gasteiger charge is 2.57. The van der Waals surface area contributed by atoms with E-state index in [1.807, 2.05) is 6.92 Å². The number of nitrogens with one attached hydrogen (secondary N) is 1. The zero-order valence-corrected chi connectivity index (χ0v) is 16.0.